The summed E-state index contributed by atoms with van der Waals surface area (Å²) >= 11 is 1.59. The van der Waals surface area contributed by atoms with Gasteiger partial charge in [0, 0.05) is 11.3 Å². The first-order valence-corrected chi connectivity index (χ1v) is 7.91. The number of nitrogens with zero attached hydrogens (tertiary/aromatic N) is 1. The second kappa shape index (κ2) is 5.85. The molecule has 0 bridgehead atoms. The van der Waals surface area contributed by atoms with Crippen molar-refractivity contribution in [1.82, 2.24) is 4.98 Å². The van der Waals surface area contributed by atoms with Gasteiger partial charge in [-0.15, -0.1) is 11.3 Å². The Balaban J connectivity index is 1.77. The second-order valence-electron chi connectivity index (χ2n) is 5.26. The van der Waals surface area contributed by atoms with Crippen molar-refractivity contribution < 1.29 is 5.11 Å². The minimum Gasteiger partial charge on any atom is -0.381 e. The van der Waals surface area contributed by atoms with Gasteiger partial charge < -0.3 is 5.11 Å². The molecule has 1 aliphatic carbocycles. The van der Waals surface area contributed by atoms with E-state index >= 15 is 0 Å². The molecule has 1 N–H and O–H groups in total. The van der Waals surface area contributed by atoms with Crippen LogP contribution in [0.1, 0.15) is 60.4 Å². The van der Waals surface area contributed by atoms with Gasteiger partial charge in [0.1, 0.15) is 11.1 Å². The quantitative estimate of drug-likeness (QED) is 0.905. The molecule has 0 aliphatic heterocycles. The van der Waals surface area contributed by atoms with Crippen molar-refractivity contribution in [3.8, 4) is 0 Å². The fraction of sp³-hybridized carbons (Fsp3) is 0.438. The van der Waals surface area contributed by atoms with Gasteiger partial charge in [-0.1, -0.05) is 49.6 Å². The average molecular weight is 273 g/mol. The van der Waals surface area contributed by atoms with Crippen LogP contribution >= 0.6 is 11.3 Å². The molecule has 0 spiro atoms. The molecular weight excluding hydrogens is 254 g/mol. The third-order valence-electron chi connectivity index (χ3n) is 3.91. The third kappa shape index (κ3) is 2.88. The fourth-order valence-corrected chi connectivity index (χ4v) is 3.70. The summed E-state index contributed by atoms with van der Waals surface area (Å²) < 4.78 is 0. The zero-order chi connectivity index (χ0) is 13.1. The number of hydrogen-bond acceptors (Lipinski definition) is 3. The molecule has 0 radical (unpaired) electrons. The number of hydrogen-bond donors (Lipinski definition) is 1. The van der Waals surface area contributed by atoms with Gasteiger partial charge in [0.25, 0.3) is 0 Å². The summed E-state index contributed by atoms with van der Waals surface area (Å²) in [7, 11) is 0. The van der Waals surface area contributed by atoms with E-state index < -0.39 is 6.10 Å². The molecule has 1 atom stereocenters. The summed E-state index contributed by atoms with van der Waals surface area (Å²) in [5.74, 6) is 0.613. The third-order valence-corrected chi connectivity index (χ3v) is 4.83. The number of thiazole rings is 1. The van der Waals surface area contributed by atoms with Crippen LogP contribution < -0.4 is 0 Å². The van der Waals surface area contributed by atoms with Gasteiger partial charge in [-0.25, -0.2) is 4.98 Å². The molecule has 1 heterocycles. The molecule has 1 aliphatic rings. The van der Waals surface area contributed by atoms with Gasteiger partial charge in [0.05, 0.1) is 5.69 Å². The van der Waals surface area contributed by atoms with Gasteiger partial charge in [0.2, 0.25) is 0 Å². The van der Waals surface area contributed by atoms with Crippen LogP contribution in [-0.2, 0) is 0 Å². The van der Waals surface area contributed by atoms with Crippen molar-refractivity contribution >= 4 is 11.3 Å². The standard InChI is InChI=1S/C16H19NOS/c18-15(13-9-5-2-6-10-13)16-17-14(11-19-16)12-7-3-1-4-8-12/h2,5-6,9-12,15,18H,1,3-4,7-8H2. The maximum absolute atomic E-state index is 10.4. The van der Waals surface area contributed by atoms with Crippen molar-refractivity contribution in [2.75, 3.05) is 0 Å². The monoisotopic (exact) mass is 273 g/mol. The lowest BCUT2D eigenvalue weighted by Crippen LogP contribution is -2.06. The van der Waals surface area contributed by atoms with Crippen LogP contribution in [0.15, 0.2) is 35.7 Å². The molecule has 1 aromatic heterocycles. The Kier molecular flexibility index (Phi) is 3.95. The SMILES string of the molecule is OC(c1ccccc1)c1nc(C2CCCCC2)cs1. The molecule has 2 aromatic rings. The molecule has 1 unspecified atom stereocenters. The Morgan fingerprint density at radius 1 is 1.11 bits per heavy atom. The molecule has 1 saturated carbocycles. The lowest BCUT2D eigenvalue weighted by Gasteiger charge is -2.19. The van der Waals surface area contributed by atoms with E-state index in [-0.39, 0.29) is 0 Å². The van der Waals surface area contributed by atoms with Crippen molar-refractivity contribution in [2.24, 2.45) is 0 Å². The second-order valence-corrected chi connectivity index (χ2v) is 6.15. The molecule has 1 aromatic carbocycles. The zero-order valence-electron chi connectivity index (χ0n) is 11.0. The van der Waals surface area contributed by atoms with Gasteiger partial charge in [-0.2, -0.15) is 0 Å². The highest BCUT2D eigenvalue weighted by molar-refractivity contribution is 7.09. The smallest absolute Gasteiger partial charge is 0.131 e. The lowest BCUT2D eigenvalue weighted by atomic mass is 9.87. The Labute approximate surface area is 118 Å². The minimum atomic E-state index is -0.580. The van der Waals surface area contributed by atoms with Crippen LogP contribution in [0.3, 0.4) is 0 Å². The van der Waals surface area contributed by atoms with Crippen molar-refractivity contribution in [1.29, 1.82) is 0 Å². The number of aliphatic hydroxyl groups is 1. The summed E-state index contributed by atoms with van der Waals surface area (Å²) in [5.41, 5.74) is 2.11. The van der Waals surface area contributed by atoms with E-state index in [1.807, 2.05) is 30.3 Å². The van der Waals surface area contributed by atoms with Crippen LogP contribution in [0.2, 0.25) is 0 Å². The van der Waals surface area contributed by atoms with Crippen LogP contribution in [-0.4, -0.2) is 10.1 Å². The van der Waals surface area contributed by atoms with Crippen molar-refractivity contribution in [3.05, 3.63) is 52.0 Å². The van der Waals surface area contributed by atoms with E-state index in [1.54, 1.807) is 11.3 Å². The zero-order valence-corrected chi connectivity index (χ0v) is 11.8. The van der Waals surface area contributed by atoms with E-state index in [9.17, 15) is 5.11 Å². The Hall–Kier alpha value is -1.19. The molecule has 0 saturated heterocycles. The van der Waals surface area contributed by atoms with E-state index in [0.717, 1.165) is 10.6 Å². The van der Waals surface area contributed by atoms with E-state index in [4.69, 9.17) is 0 Å². The van der Waals surface area contributed by atoms with E-state index in [2.05, 4.69) is 10.4 Å². The highest BCUT2D eigenvalue weighted by Gasteiger charge is 2.20. The van der Waals surface area contributed by atoms with Crippen molar-refractivity contribution in [3.63, 3.8) is 0 Å². The largest absolute Gasteiger partial charge is 0.381 e. The maximum atomic E-state index is 10.4. The van der Waals surface area contributed by atoms with Crippen LogP contribution in [0.5, 0.6) is 0 Å². The number of rotatable bonds is 3. The summed E-state index contributed by atoms with van der Waals surface area (Å²) in [6, 6.07) is 9.77. The Bertz CT molecular complexity index is 517. The Morgan fingerprint density at radius 3 is 2.58 bits per heavy atom. The first-order chi connectivity index (χ1) is 9.34. The molecule has 2 nitrogen and oxygen atoms in total. The van der Waals surface area contributed by atoms with E-state index in [1.165, 1.54) is 37.8 Å². The molecule has 3 rings (SSSR count). The van der Waals surface area contributed by atoms with Crippen molar-refractivity contribution in [2.45, 2.75) is 44.1 Å². The highest BCUT2D eigenvalue weighted by Crippen LogP contribution is 2.34. The van der Waals surface area contributed by atoms with Crippen LogP contribution in [0, 0.1) is 0 Å². The maximum Gasteiger partial charge on any atom is 0.131 e. The molecule has 3 heteroatoms. The summed E-state index contributed by atoms with van der Waals surface area (Å²) in [5, 5.41) is 13.3. The first-order valence-electron chi connectivity index (χ1n) is 7.03. The molecule has 100 valence electrons. The lowest BCUT2D eigenvalue weighted by molar-refractivity contribution is 0.219. The van der Waals surface area contributed by atoms with Gasteiger partial charge in [-0.05, 0) is 18.4 Å². The Morgan fingerprint density at radius 2 is 1.84 bits per heavy atom. The number of aromatic nitrogens is 1. The van der Waals surface area contributed by atoms with E-state index in [0.29, 0.717) is 5.92 Å². The number of benzene rings is 1. The molecule has 19 heavy (non-hydrogen) atoms. The molecular formula is C16H19NOS. The number of aliphatic hydroxyl groups excluding tert-OH is 1. The van der Waals surface area contributed by atoms with Gasteiger partial charge in [0.15, 0.2) is 0 Å². The fourth-order valence-electron chi connectivity index (χ4n) is 2.79. The molecule has 0 amide bonds. The van der Waals surface area contributed by atoms with Crippen LogP contribution in [0.25, 0.3) is 0 Å². The molecule has 1 fully saturated rings. The average Bonchev–Trinajstić information content (AvgIpc) is 2.98. The minimum absolute atomic E-state index is 0.580. The predicted molar refractivity (Wildman–Crippen MR) is 78.4 cm³/mol. The summed E-state index contributed by atoms with van der Waals surface area (Å²) in [4.78, 5) is 4.68. The van der Waals surface area contributed by atoms with Crippen LogP contribution in [0.4, 0.5) is 0 Å². The normalized spacial score (nSPS) is 18.4. The summed E-state index contributed by atoms with van der Waals surface area (Å²) in [6.07, 6.45) is 5.93. The van der Waals surface area contributed by atoms with Gasteiger partial charge in [-0.3, -0.25) is 0 Å². The topological polar surface area (TPSA) is 33.1 Å². The first kappa shape index (κ1) is 12.8. The highest BCUT2D eigenvalue weighted by atomic mass is 32.1. The summed E-state index contributed by atoms with van der Waals surface area (Å²) in [6.45, 7) is 0. The predicted octanol–water partition coefficient (Wildman–Crippen LogP) is 4.27. The van der Waals surface area contributed by atoms with Gasteiger partial charge >= 0.3 is 0 Å².